The van der Waals surface area contributed by atoms with E-state index in [4.69, 9.17) is 10.9 Å². The number of carbonyl (C=O) groups is 1. The molecule has 1 fully saturated rings. The molecule has 0 atom stereocenters. The van der Waals surface area contributed by atoms with Crippen molar-refractivity contribution in [3.8, 4) is 0 Å². The fraction of sp³-hybridized carbons (Fsp3) is 0.800. The molecule has 0 aromatic carbocycles. The Morgan fingerprint density at radius 3 is 2.75 bits per heavy atom. The predicted octanol–water partition coefficient (Wildman–Crippen LogP) is -0.419. The van der Waals surface area contributed by atoms with Crippen LogP contribution in [-0.2, 0) is 4.79 Å². The van der Waals surface area contributed by atoms with Crippen LogP contribution < -0.4 is 11.1 Å². The lowest BCUT2D eigenvalue weighted by Crippen LogP contribution is -2.37. The standard InChI is InChI=1S/C10H20N4O2/c1-14-4-2-8(3-5-14)7-12-10(15)6-9(11)13-16/h8,16H,2-7H2,1H3,(H2,11,13)(H,12,15). The molecular weight excluding hydrogens is 208 g/mol. The zero-order valence-corrected chi connectivity index (χ0v) is 9.65. The van der Waals surface area contributed by atoms with E-state index in [-0.39, 0.29) is 18.2 Å². The first kappa shape index (κ1) is 12.8. The van der Waals surface area contributed by atoms with Crippen molar-refractivity contribution in [2.24, 2.45) is 16.8 Å². The highest BCUT2D eigenvalue weighted by atomic mass is 16.4. The third-order valence-electron chi connectivity index (χ3n) is 2.90. The summed E-state index contributed by atoms with van der Waals surface area (Å²) in [7, 11) is 2.10. The number of nitrogens with zero attached hydrogens (tertiary/aromatic N) is 2. The highest BCUT2D eigenvalue weighted by Gasteiger charge is 2.17. The molecule has 0 aromatic heterocycles. The fourth-order valence-corrected chi connectivity index (χ4v) is 1.79. The zero-order valence-electron chi connectivity index (χ0n) is 9.65. The maximum atomic E-state index is 11.3. The minimum Gasteiger partial charge on any atom is -0.409 e. The van der Waals surface area contributed by atoms with Gasteiger partial charge in [0.25, 0.3) is 0 Å². The normalized spacial score (nSPS) is 19.7. The van der Waals surface area contributed by atoms with Crippen LogP contribution in [0.25, 0.3) is 0 Å². The molecule has 0 aliphatic carbocycles. The molecule has 1 aliphatic rings. The minimum absolute atomic E-state index is 0.0386. The number of rotatable bonds is 4. The van der Waals surface area contributed by atoms with Crippen molar-refractivity contribution in [3.63, 3.8) is 0 Å². The van der Waals surface area contributed by atoms with Gasteiger partial charge in [-0.25, -0.2) is 0 Å². The van der Waals surface area contributed by atoms with E-state index in [1.54, 1.807) is 0 Å². The molecule has 0 radical (unpaired) electrons. The monoisotopic (exact) mass is 228 g/mol. The molecule has 6 heteroatoms. The third-order valence-corrected chi connectivity index (χ3v) is 2.90. The van der Waals surface area contributed by atoms with Crippen LogP contribution in [0.5, 0.6) is 0 Å². The average molecular weight is 228 g/mol. The van der Waals surface area contributed by atoms with Crippen molar-refractivity contribution in [1.29, 1.82) is 0 Å². The van der Waals surface area contributed by atoms with Crippen LogP contribution in [0, 0.1) is 5.92 Å². The summed E-state index contributed by atoms with van der Waals surface area (Å²) in [4.78, 5) is 13.6. The maximum Gasteiger partial charge on any atom is 0.227 e. The van der Waals surface area contributed by atoms with Gasteiger partial charge in [-0.3, -0.25) is 4.79 Å². The molecule has 1 aliphatic heterocycles. The zero-order chi connectivity index (χ0) is 12.0. The SMILES string of the molecule is CN1CCC(CNC(=O)CC(N)=NO)CC1. The van der Waals surface area contributed by atoms with E-state index < -0.39 is 0 Å². The van der Waals surface area contributed by atoms with E-state index in [9.17, 15) is 4.79 Å². The summed E-state index contributed by atoms with van der Waals surface area (Å²) in [6.45, 7) is 2.85. The Kier molecular flexibility index (Phi) is 5.04. The van der Waals surface area contributed by atoms with Crippen LogP contribution >= 0.6 is 0 Å². The quantitative estimate of drug-likeness (QED) is 0.264. The van der Waals surface area contributed by atoms with Crippen molar-refractivity contribution in [1.82, 2.24) is 10.2 Å². The van der Waals surface area contributed by atoms with Crippen LogP contribution in [-0.4, -0.2) is 48.5 Å². The first-order chi connectivity index (χ1) is 7.61. The molecule has 0 saturated carbocycles. The molecule has 16 heavy (non-hydrogen) atoms. The summed E-state index contributed by atoms with van der Waals surface area (Å²) in [6, 6.07) is 0. The average Bonchev–Trinajstić information content (AvgIpc) is 2.28. The molecule has 1 rings (SSSR count). The van der Waals surface area contributed by atoms with Crippen LogP contribution in [0.3, 0.4) is 0 Å². The number of nitrogens with one attached hydrogen (secondary N) is 1. The molecule has 0 unspecified atom stereocenters. The van der Waals surface area contributed by atoms with E-state index >= 15 is 0 Å². The second-order valence-electron chi connectivity index (χ2n) is 4.32. The van der Waals surface area contributed by atoms with Crippen molar-refractivity contribution in [3.05, 3.63) is 0 Å². The van der Waals surface area contributed by atoms with E-state index in [2.05, 4.69) is 22.4 Å². The third kappa shape index (κ3) is 4.48. The number of carbonyl (C=O) groups excluding carboxylic acids is 1. The highest BCUT2D eigenvalue weighted by Crippen LogP contribution is 2.14. The van der Waals surface area contributed by atoms with Gasteiger partial charge in [0.2, 0.25) is 5.91 Å². The first-order valence-corrected chi connectivity index (χ1v) is 5.53. The van der Waals surface area contributed by atoms with Gasteiger partial charge < -0.3 is 21.2 Å². The molecule has 1 saturated heterocycles. The van der Waals surface area contributed by atoms with Gasteiger partial charge in [-0.2, -0.15) is 0 Å². The molecular formula is C10H20N4O2. The topological polar surface area (TPSA) is 91.0 Å². The van der Waals surface area contributed by atoms with E-state index in [0.29, 0.717) is 12.5 Å². The van der Waals surface area contributed by atoms with Gasteiger partial charge in [0.1, 0.15) is 5.84 Å². The van der Waals surface area contributed by atoms with Crippen molar-refractivity contribution in [2.75, 3.05) is 26.7 Å². The van der Waals surface area contributed by atoms with Gasteiger partial charge >= 0.3 is 0 Å². The lowest BCUT2D eigenvalue weighted by Gasteiger charge is -2.28. The van der Waals surface area contributed by atoms with E-state index in [1.165, 1.54) is 0 Å². The van der Waals surface area contributed by atoms with Crippen LogP contribution in [0.2, 0.25) is 0 Å². The van der Waals surface area contributed by atoms with Gasteiger partial charge in [-0.1, -0.05) is 5.16 Å². The van der Waals surface area contributed by atoms with Gasteiger partial charge in [0.05, 0.1) is 6.42 Å². The number of piperidine rings is 1. The summed E-state index contributed by atoms with van der Waals surface area (Å²) in [5.41, 5.74) is 5.23. The number of oxime groups is 1. The first-order valence-electron chi connectivity index (χ1n) is 5.53. The van der Waals surface area contributed by atoms with Crippen molar-refractivity contribution >= 4 is 11.7 Å². The molecule has 1 heterocycles. The molecule has 92 valence electrons. The van der Waals surface area contributed by atoms with Crippen LogP contribution in [0.4, 0.5) is 0 Å². The largest absolute Gasteiger partial charge is 0.409 e. The predicted molar refractivity (Wildman–Crippen MR) is 61.3 cm³/mol. The summed E-state index contributed by atoms with van der Waals surface area (Å²) < 4.78 is 0. The molecule has 6 nitrogen and oxygen atoms in total. The van der Waals surface area contributed by atoms with Gasteiger partial charge in [-0.05, 0) is 38.9 Å². The molecule has 0 spiro atoms. The second-order valence-corrected chi connectivity index (χ2v) is 4.32. The molecule has 0 aromatic rings. The molecule has 1 amide bonds. The van der Waals surface area contributed by atoms with Crippen LogP contribution in [0.1, 0.15) is 19.3 Å². The van der Waals surface area contributed by atoms with Crippen molar-refractivity contribution < 1.29 is 10.0 Å². The summed E-state index contributed by atoms with van der Waals surface area (Å²) in [5, 5.41) is 13.9. The fourth-order valence-electron chi connectivity index (χ4n) is 1.79. The molecule has 0 bridgehead atoms. The smallest absolute Gasteiger partial charge is 0.227 e. The Hall–Kier alpha value is -1.30. The highest BCUT2D eigenvalue weighted by molar-refractivity contribution is 5.98. The van der Waals surface area contributed by atoms with Gasteiger partial charge in [-0.15, -0.1) is 0 Å². The Balaban J connectivity index is 2.17. The number of likely N-dealkylation sites (tertiary alicyclic amines) is 1. The van der Waals surface area contributed by atoms with Crippen molar-refractivity contribution in [2.45, 2.75) is 19.3 Å². The summed E-state index contributed by atoms with van der Waals surface area (Å²) in [5.74, 6) is 0.308. The number of amidine groups is 1. The lowest BCUT2D eigenvalue weighted by atomic mass is 9.97. The second kappa shape index (κ2) is 6.32. The Morgan fingerprint density at radius 1 is 1.56 bits per heavy atom. The maximum absolute atomic E-state index is 11.3. The van der Waals surface area contributed by atoms with Crippen LogP contribution in [0.15, 0.2) is 5.16 Å². The van der Waals surface area contributed by atoms with Gasteiger partial charge in [0, 0.05) is 6.54 Å². The van der Waals surface area contributed by atoms with Gasteiger partial charge in [0.15, 0.2) is 0 Å². The van der Waals surface area contributed by atoms with E-state index in [1.807, 2.05) is 0 Å². The Morgan fingerprint density at radius 2 is 2.19 bits per heavy atom. The molecule has 4 N–H and O–H groups in total. The Labute approximate surface area is 95.5 Å². The Bertz CT molecular complexity index is 260. The summed E-state index contributed by atoms with van der Waals surface area (Å²) in [6.07, 6.45) is 2.18. The van der Waals surface area contributed by atoms with E-state index in [0.717, 1.165) is 25.9 Å². The number of nitrogens with two attached hydrogens (primary N) is 1. The number of hydrogen-bond acceptors (Lipinski definition) is 4. The minimum atomic E-state index is -0.186. The number of hydrogen-bond donors (Lipinski definition) is 3. The lowest BCUT2D eigenvalue weighted by molar-refractivity contribution is -0.120. The summed E-state index contributed by atoms with van der Waals surface area (Å²) >= 11 is 0. The number of amides is 1.